The summed E-state index contributed by atoms with van der Waals surface area (Å²) in [5.41, 5.74) is 6.64. The van der Waals surface area contributed by atoms with Gasteiger partial charge in [-0.15, -0.1) is 0 Å². The lowest BCUT2D eigenvalue weighted by molar-refractivity contribution is 0.0714. The predicted molar refractivity (Wildman–Crippen MR) is 78.8 cm³/mol. The molecule has 0 spiro atoms. The molecule has 2 aliphatic rings. The first-order valence-corrected chi connectivity index (χ1v) is 7.50. The van der Waals surface area contributed by atoms with Gasteiger partial charge >= 0.3 is 0 Å². The Morgan fingerprint density at radius 3 is 2.60 bits per heavy atom. The van der Waals surface area contributed by atoms with Crippen molar-refractivity contribution in [3.05, 3.63) is 23.9 Å². The molecule has 20 heavy (non-hydrogen) atoms. The van der Waals surface area contributed by atoms with Crippen LogP contribution >= 0.6 is 0 Å². The number of likely N-dealkylation sites (tertiary alicyclic amines) is 1. The summed E-state index contributed by atoms with van der Waals surface area (Å²) < 4.78 is 0. The molecule has 2 saturated heterocycles. The highest BCUT2D eigenvalue weighted by atomic mass is 16.2. The molecule has 1 amide bonds. The van der Waals surface area contributed by atoms with Crippen LogP contribution in [-0.4, -0.2) is 48.0 Å². The Morgan fingerprint density at radius 2 is 1.90 bits per heavy atom. The van der Waals surface area contributed by atoms with Crippen LogP contribution in [0.4, 0.5) is 5.82 Å². The van der Waals surface area contributed by atoms with E-state index >= 15 is 0 Å². The summed E-state index contributed by atoms with van der Waals surface area (Å²) in [5.74, 6) is 1.04. The van der Waals surface area contributed by atoms with Crippen LogP contribution < -0.4 is 10.6 Å². The fourth-order valence-corrected chi connectivity index (χ4v) is 2.96. The molecule has 3 heterocycles. The lowest BCUT2D eigenvalue weighted by atomic mass is 10.1. The van der Waals surface area contributed by atoms with Gasteiger partial charge in [-0.3, -0.25) is 4.79 Å². The minimum atomic E-state index is 0.111. The predicted octanol–water partition coefficient (Wildman–Crippen LogP) is 1.25. The van der Waals surface area contributed by atoms with E-state index in [4.69, 9.17) is 5.73 Å². The van der Waals surface area contributed by atoms with Crippen molar-refractivity contribution in [2.24, 2.45) is 5.73 Å². The highest BCUT2D eigenvalue weighted by Crippen LogP contribution is 2.20. The summed E-state index contributed by atoms with van der Waals surface area (Å²) >= 11 is 0. The summed E-state index contributed by atoms with van der Waals surface area (Å²) in [5, 5.41) is 0. The van der Waals surface area contributed by atoms with Crippen molar-refractivity contribution in [3.8, 4) is 0 Å². The van der Waals surface area contributed by atoms with E-state index in [0.29, 0.717) is 0 Å². The summed E-state index contributed by atoms with van der Waals surface area (Å²) in [6.07, 6.45) is 5.97. The van der Waals surface area contributed by atoms with Gasteiger partial charge in [0.2, 0.25) is 0 Å². The molecule has 1 aromatic rings. The average Bonchev–Trinajstić information content (AvgIpc) is 3.02. The molecule has 108 valence electrons. The third-order valence-corrected chi connectivity index (χ3v) is 4.25. The van der Waals surface area contributed by atoms with E-state index in [0.717, 1.165) is 50.4 Å². The highest BCUT2D eigenvalue weighted by molar-refractivity contribution is 5.94. The maximum atomic E-state index is 12.5. The first kappa shape index (κ1) is 13.4. The van der Waals surface area contributed by atoms with E-state index in [1.54, 1.807) is 6.20 Å². The van der Waals surface area contributed by atoms with E-state index in [2.05, 4.69) is 9.88 Å². The second kappa shape index (κ2) is 5.79. The third-order valence-electron chi connectivity index (χ3n) is 4.25. The molecule has 2 aliphatic heterocycles. The number of amides is 1. The van der Waals surface area contributed by atoms with Gasteiger partial charge in [-0.25, -0.2) is 4.98 Å². The van der Waals surface area contributed by atoms with E-state index in [-0.39, 0.29) is 11.9 Å². The lowest BCUT2D eigenvalue weighted by Crippen LogP contribution is -2.42. The first-order valence-electron chi connectivity index (χ1n) is 7.50. The summed E-state index contributed by atoms with van der Waals surface area (Å²) in [7, 11) is 0. The molecule has 1 aromatic heterocycles. The second-order valence-electron chi connectivity index (χ2n) is 5.73. The van der Waals surface area contributed by atoms with Crippen molar-refractivity contribution in [2.45, 2.75) is 31.7 Å². The van der Waals surface area contributed by atoms with Gasteiger partial charge in [-0.1, -0.05) is 0 Å². The second-order valence-corrected chi connectivity index (χ2v) is 5.73. The van der Waals surface area contributed by atoms with Gasteiger partial charge in [-0.2, -0.15) is 0 Å². The molecule has 2 fully saturated rings. The number of hydrogen-bond donors (Lipinski definition) is 1. The van der Waals surface area contributed by atoms with Crippen LogP contribution in [0.25, 0.3) is 0 Å². The molecular formula is C15H22N4O. The standard InChI is InChI=1S/C15H22N4O/c16-13-4-9-19(10-5-13)15(20)12-3-6-17-14(11-12)18-7-1-2-8-18/h3,6,11,13H,1-2,4-5,7-10,16H2. The normalized spacial score (nSPS) is 20.4. The quantitative estimate of drug-likeness (QED) is 0.881. The van der Waals surface area contributed by atoms with Crippen molar-refractivity contribution in [2.75, 3.05) is 31.1 Å². The number of rotatable bonds is 2. The molecule has 0 unspecified atom stereocenters. The minimum absolute atomic E-state index is 0.111. The topological polar surface area (TPSA) is 62.5 Å². The number of aromatic nitrogens is 1. The number of nitrogens with two attached hydrogens (primary N) is 1. The molecule has 0 bridgehead atoms. The molecule has 0 aromatic carbocycles. The zero-order valence-electron chi connectivity index (χ0n) is 11.8. The average molecular weight is 274 g/mol. The summed E-state index contributed by atoms with van der Waals surface area (Å²) in [6.45, 7) is 3.62. The highest BCUT2D eigenvalue weighted by Gasteiger charge is 2.22. The SMILES string of the molecule is NC1CCN(C(=O)c2ccnc(N3CCCC3)c2)CC1. The molecular weight excluding hydrogens is 252 g/mol. The molecule has 5 heteroatoms. The fourth-order valence-electron chi connectivity index (χ4n) is 2.96. The Morgan fingerprint density at radius 1 is 1.20 bits per heavy atom. The van der Waals surface area contributed by atoms with Gasteiger partial charge in [0.15, 0.2) is 0 Å². The zero-order valence-corrected chi connectivity index (χ0v) is 11.8. The Kier molecular flexibility index (Phi) is 3.87. The smallest absolute Gasteiger partial charge is 0.254 e. The maximum absolute atomic E-state index is 12.5. The van der Waals surface area contributed by atoms with Crippen LogP contribution in [0.15, 0.2) is 18.3 Å². The van der Waals surface area contributed by atoms with Gasteiger partial charge in [0.25, 0.3) is 5.91 Å². The Bertz CT molecular complexity index is 477. The first-order chi connectivity index (χ1) is 9.74. The Hall–Kier alpha value is -1.62. The van der Waals surface area contributed by atoms with Crippen LogP contribution in [0.3, 0.4) is 0 Å². The number of pyridine rings is 1. The van der Waals surface area contributed by atoms with E-state index in [1.165, 1.54) is 12.8 Å². The van der Waals surface area contributed by atoms with Crippen LogP contribution in [-0.2, 0) is 0 Å². The van der Waals surface area contributed by atoms with Crippen molar-refractivity contribution in [1.29, 1.82) is 0 Å². The fraction of sp³-hybridized carbons (Fsp3) is 0.600. The molecule has 3 rings (SSSR count). The van der Waals surface area contributed by atoms with E-state index in [9.17, 15) is 4.79 Å². The van der Waals surface area contributed by atoms with Gasteiger partial charge in [0.1, 0.15) is 5.82 Å². The molecule has 0 atom stereocenters. The summed E-state index contributed by atoms with van der Waals surface area (Å²) in [4.78, 5) is 21.1. The molecule has 5 nitrogen and oxygen atoms in total. The van der Waals surface area contributed by atoms with Crippen molar-refractivity contribution < 1.29 is 4.79 Å². The zero-order chi connectivity index (χ0) is 13.9. The maximum Gasteiger partial charge on any atom is 0.254 e. The van der Waals surface area contributed by atoms with Gasteiger partial charge in [0, 0.05) is 44.0 Å². The van der Waals surface area contributed by atoms with E-state index < -0.39 is 0 Å². The molecule has 0 saturated carbocycles. The lowest BCUT2D eigenvalue weighted by Gasteiger charge is -2.30. The molecule has 2 N–H and O–H groups in total. The van der Waals surface area contributed by atoms with Crippen molar-refractivity contribution in [1.82, 2.24) is 9.88 Å². The summed E-state index contributed by atoms with van der Waals surface area (Å²) in [6, 6.07) is 4.00. The number of nitrogens with zero attached hydrogens (tertiary/aromatic N) is 3. The van der Waals surface area contributed by atoms with Crippen LogP contribution in [0, 0.1) is 0 Å². The van der Waals surface area contributed by atoms with Crippen molar-refractivity contribution >= 4 is 11.7 Å². The Labute approximate surface area is 119 Å². The molecule has 0 radical (unpaired) electrons. The van der Waals surface area contributed by atoms with Crippen molar-refractivity contribution in [3.63, 3.8) is 0 Å². The van der Waals surface area contributed by atoms with E-state index in [1.807, 2.05) is 17.0 Å². The number of anilines is 1. The number of carbonyl (C=O) groups excluding carboxylic acids is 1. The number of carbonyl (C=O) groups is 1. The minimum Gasteiger partial charge on any atom is -0.357 e. The molecule has 0 aliphatic carbocycles. The van der Waals surface area contributed by atoms with Gasteiger partial charge < -0.3 is 15.5 Å². The Balaban J connectivity index is 1.72. The number of piperidine rings is 1. The monoisotopic (exact) mass is 274 g/mol. The van der Waals surface area contributed by atoms with Crippen LogP contribution in [0.2, 0.25) is 0 Å². The van der Waals surface area contributed by atoms with Crippen LogP contribution in [0.5, 0.6) is 0 Å². The van der Waals surface area contributed by atoms with Gasteiger partial charge in [-0.05, 0) is 37.8 Å². The third kappa shape index (κ3) is 2.77. The number of hydrogen-bond acceptors (Lipinski definition) is 4. The van der Waals surface area contributed by atoms with Crippen LogP contribution in [0.1, 0.15) is 36.0 Å². The van der Waals surface area contributed by atoms with Gasteiger partial charge in [0.05, 0.1) is 0 Å². The largest absolute Gasteiger partial charge is 0.357 e.